The number of sulfonamides is 2. The van der Waals surface area contributed by atoms with E-state index in [1.165, 1.54) is 12.4 Å². The Morgan fingerprint density at radius 1 is 1.17 bits per heavy atom. The van der Waals surface area contributed by atoms with Gasteiger partial charge >= 0.3 is 0 Å². The van der Waals surface area contributed by atoms with Crippen molar-refractivity contribution >= 4 is 32.2 Å². The minimum absolute atomic E-state index is 0.0589. The Balaban J connectivity index is 1.95. The zero-order valence-electron chi connectivity index (χ0n) is 18.1. The molecule has 0 saturated heterocycles. The van der Waals surface area contributed by atoms with Crippen molar-refractivity contribution in [3.05, 3.63) is 47.5 Å². The fourth-order valence-corrected chi connectivity index (χ4v) is 6.17. The summed E-state index contributed by atoms with van der Waals surface area (Å²) < 4.78 is 53.9. The van der Waals surface area contributed by atoms with Gasteiger partial charge in [0.25, 0.3) is 0 Å². The summed E-state index contributed by atoms with van der Waals surface area (Å²) in [4.78, 5) is 6.95. The van der Waals surface area contributed by atoms with Crippen molar-refractivity contribution in [2.24, 2.45) is 41.3 Å². The Kier molecular flexibility index (Phi) is 6.93. The highest BCUT2D eigenvalue weighted by atomic mass is 32.2. The van der Waals surface area contributed by atoms with Crippen molar-refractivity contribution in [2.75, 3.05) is 19.8 Å². The molecule has 184 valence electrons. The molecule has 2 aromatic carbocycles. The highest BCUT2D eigenvalue weighted by molar-refractivity contribution is 7.92. The van der Waals surface area contributed by atoms with Crippen LogP contribution >= 0.6 is 0 Å². The number of benzene rings is 2. The molecule has 6 N–H and O–H groups in total. The molecule has 16 heteroatoms. The lowest BCUT2D eigenvalue weighted by Gasteiger charge is -2.18. The van der Waals surface area contributed by atoms with Crippen LogP contribution < -0.4 is 15.6 Å². The summed E-state index contributed by atoms with van der Waals surface area (Å²) >= 11 is 0. The number of aliphatic hydroxyl groups excluding tert-OH is 1. The van der Waals surface area contributed by atoms with Crippen LogP contribution in [0.1, 0.15) is 17.3 Å². The number of aliphatic hydroxyl groups is 1. The molecule has 2 aliphatic rings. The van der Waals surface area contributed by atoms with Crippen LogP contribution in [0.25, 0.3) is 11.1 Å². The number of primary sulfonamides is 1. The van der Waals surface area contributed by atoms with Crippen LogP contribution in [0.15, 0.2) is 76.6 Å². The molecule has 0 aromatic heterocycles. The van der Waals surface area contributed by atoms with Gasteiger partial charge in [-0.1, -0.05) is 24.3 Å². The van der Waals surface area contributed by atoms with E-state index in [0.717, 1.165) is 6.07 Å². The summed E-state index contributed by atoms with van der Waals surface area (Å²) in [5.74, 6) is -0.0860. The van der Waals surface area contributed by atoms with E-state index in [0.29, 0.717) is 16.7 Å². The fourth-order valence-electron chi connectivity index (χ4n) is 3.47. The molecule has 2 aromatic rings. The topological polar surface area (TPSA) is 227 Å². The molecule has 0 spiro atoms. The number of aliphatic imine (C=N–C) groups is 2. The Hall–Kier alpha value is -3.28. The van der Waals surface area contributed by atoms with Crippen LogP contribution in [0, 0.1) is 0 Å². The van der Waals surface area contributed by atoms with Gasteiger partial charge < -0.3 is 10.8 Å². The van der Waals surface area contributed by atoms with Gasteiger partial charge in [-0.05, 0) is 23.3 Å². The maximum atomic E-state index is 13.1. The van der Waals surface area contributed by atoms with Crippen molar-refractivity contribution in [1.29, 1.82) is 0 Å². The molecule has 0 aliphatic carbocycles. The van der Waals surface area contributed by atoms with Crippen LogP contribution in [0.4, 0.5) is 0 Å². The van der Waals surface area contributed by atoms with Crippen LogP contribution in [0.2, 0.25) is 0 Å². The molecular weight excluding hydrogens is 498 g/mol. The molecule has 2 atom stereocenters. The number of azo groups is 2. The Morgan fingerprint density at radius 2 is 1.97 bits per heavy atom. The van der Waals surface area contributed by atoms with Crippen LogP contribution in [0.5, 0.6) is 0 Å². The molecule has 0 bridgehead atoms. The molecule has 2 aliphatic heterocycles. The second kappa shape index (κ2) is 9.76. The van der Waals surface area contributed by atoms with E-state index in [-0.39, 0.29) is 24.6 Å². The van der Waals surface area contributed by atoms with E-state index >= 15 is 0 Å². The average molecular weight is 520 g/mol. The van der Waals surface area contributed by atoms with Crippen LogP contribution in [0.3, 0.4) is 0 Å². The highest BCUT2D eigenvalue weighted by Crippen LogP contribution is 2.36. The van der Waals surface area contributed by atoms with Gasteiger partial charge in [0.05, 0.1) is 12.2 Å². The van der Waals surface area contributed by atoms with Crippen molar-refractivity contribution in [1.82, 2.24) is 4.72 Å². The van der Waals surface area contributed by atoms with Crippen molar-refractivity contribution in [3.63, 3.8) is 0 Å². The lowest BCUT2D eigenvalue weighted by Crippen LogP contribution is -2.40. The standard InChI is InChI=1S/C19H21N9O5S2/c20-13(8-29)7-26-35(32,33)15-5-4-14(11-2-1-3-12(6-11)18-22-9-24-27-18)16(17(15)34(21,30)31)19-23-10-25-28-19/h1-6,9,13,18,26,29H,7-8,10,20H2,(H2,21,30,31)/t13-,18?/m1/s1. The smallest absolute Gasteiger partial charge is 0.242 e. The number of hydrogen-bond donors (Lipinski definition) is 4. The molecule has 2 heterocycles. The van der Waals surface area contributed by atoms with Gasteiger partial charge in [0.2, 0.25) is 20.0 Å². The largest absolute Gasteiger partial charge is 0.395 e. The van der Waals surface area contributed by atoms with Crippen molar-refractivity contribution in [3.8, 4) is 11.1 Å². The number of rotatable bonds is 9. The Labute approximate surface area is 200 Å². The molecule has 0 radical (unpaired) electrons. The van der Waals surface area contributed by atoms with Crippen molar-refractivity contribution < 1.29 is 21.9 Å². The minimum atomic E-state index is -4.62. The summed E-state index contributed by atoms with van der Waals surface area (Å²) in [7, 11) is -9.05. The second-order valence-electron chi connectivity index (χ2n) is 7.51. The molecule has 14 nitrogen and oxygen atoms in total. The predicted molar refractivity (Wildman–Crippen MR) is 126 cm³/mol. The third-order valence-corrected chi connectivity index (χ3v) is 7.66. The van der Waals surface area contributed by atoms with Gasteiger partial charge in [0.1, 0.15) is 16.1 Å². The molecule has 0 saturated carbocycles. The lowest BCUT2D eigenvalue weighted by atomic mass is 9.96. The summed E-state index contributed by atoms with van der Waals surface area (Å²) in [6, 6.07) is 8.57. The first-order valence-electron chi connectivity index (χ1n) is 10.1. The summed E-state index contributed by atoms with van der Waals surface area (Å²) in [5, 5.41) is 30.0. The molecule has 4 rings (SSSR count). The van der Waals surface area contributed by atoms with E-state index in [1.807, 2.05) is 0 Å². The first-order valence-corrected chi connectivity index (χ1v) is 13.1. The van der Waals surface area contributed by atoms with Crippen LogP contribution in [-0.4, -0.2) is 60.0 Å². The quantitative estimate of drug-likeness (QED) is 0.363. The number of nitrogens with zero attached hydrogens (tertiary/aromatic N) is 6. The zero-order valence-corrected chi connectivity index (χ0v) is 19.7. The summed E-state index contributed by atoms with van der Waals surface area (Å²) in [6.07, 6.45) is 0.768. The number of amidine groups is 1. The Morgan fingerprint density at radius 3 is 2.60 bits per heavy atom. The van der Waals surface area contributed by atoms with E-state index in [9.17, 15) is 16.8 Å². The summed E-state index contributed by atoms with van der Waals surface area (Å²) in [5.41, 5.74) is 6.97. The zero-order chi connectivity index (χ0) is 25.2. The first kappa shape index (κ1) is 24.8. The first-order chi connectivity index (χ1) is 16.6. The van der Waals surface area contributed by atoms with Gasteiger partial charge in [-0.2, -0.15) is 10.2 Å². The number of nitrogens with one attached hydrogen (secondary N) is 1. The normalized spacial score (nSPS) is 18.3. The van der Waals surface area contributed by atoms with E-state index in [2.05, 4.69) is 35.2 Å². The molecule has 35 heavy (non-hydrogen) atoms. The fraction of sp³-hybridized carbons (Fsp3) is 0.263. The average Bonchev–Trinajstić information content (AvgIpc) is 3.56. The van der Waals surface area contributed by atoms with Gasteiger partial charge in [0.15, 0.2) is 18.7 Å². The van der Waals surface area contributed by atoms with Gasteiger partial charge in [0, 0.05) is 18.2 Å². The molecule has 0 amide bonds. The predicted octanol–water partition coefficient (Wildman–Crippen LogP) is 0.262. The molecule has 0 fully saturated rings. The maximum Gasteiger partial charge on any atom is 0.242 e. The Bertz CT molecular complexity index is 1470. The third kappa shape index (κ3) is 5.21. The van der Waals surface area contributed by atoms with Gasteiger partial charge in [-0.15, -0.1) is 10.2 Å². The molecular formula is C19H21N9O5S2. The lowest BCUT2D eigenvalue weighted by molar-refractivity contribution is 0.266. The van der Waals surface area contributed by atoms with Gasteiger partial charge in [-0.25, -0.2) is 36.7 Å². The van der Waals surface area contributed by atoms with E-state index in [1.54, 1.807) is 24.3 Å². The molecule has 1 unspecified atom stereocenters. The van der Waals surface area contributed by atoms with Gasteiger partial charge in [-0.3, -0.25) is 0 Å². The SMILES string of the molecule is N[C@@H](CO)CNS(=O)(=O)c1ccc(-c2cccc(C3N=CN=N3)c2)c(C2=NCN=N2)c1S(N)(=O)=O. The third-order valence-electron chi connectivity index (χ3n) is 5.07. The minimum Gasteiger partial charge on any atom is -0.395 e. The maximum absolute atomic E-state index is 13.1. The number of nitrogens with two attached hydrogens (primary N) is 2. The highest BCUT2D eigenvalue weighted by Gasteiger charge is 2.33. The summed E-state index contributed by atoms with van der Waals surface area (Å²) in [6.45, 7) is -0.872. The second-order valence-corrected chi connectivity index (χ2v) is 10.7. The van der Waals surface area contributed by atoms with E-state index < -0.39 is 48.7 Å². The monoisotopic (exact) mass is 519 g/mol. The van der Waals surface area contributed by atoms with Crippen LogP contribution in [-0.2, 0) is 20.0 Å². The number of hydrogen-bond acceptors (Lipinski definition) is 12. The van der Waals surface area contributed by atoms with Crippen molar-refractivity contribution in [2.45, 2.75) is 22.0 Å². The van der Waals surface area contributed by atoms with E-state index in [4.69, 9.17) is 16.0 Å².